The van der Waals surface area contributed by atoms with Gasteiger partial charge in [0.1, 0.15) is 23.4 Å². The second kappa shape index (κ2) is 8.39. The topological polar surface area (TPSA) is 102 Å². The summed E-state index contributed by atoms with van der Waals surface area (Å²) in [7, 11) is 0. The van der Waals surface area contributed by atoms with Gasteiger partial charge in [0.15, 0.2) is 0 Å². The predicted molar refractivity (Wildman–Crippen MR) is 126 cm³/mol. The van der Waals surface area contributed by atoms with E-state index in [1.54, 1.807) is 6.92 Å². The van der Waals surface area contributed by atoms with Gasteiger partial charge in [-0.25, -0.2) is 4.79 Å². The number of rotatable bonds is 5. The maximum atomic E-state index is 12.3. The average Bonchev–Trinajstić information content (AvgIpc) is 3.18. The first-order valence-electron chi connectivity index (χ1n) is 10.2. The van der Waals surface area contributed by atoms with E-state index in [1.165, 1.54) is 22.7 Å². The number of fused-ring (bicyclic) bond motifs is 1. The third-order valence-corrected chi connectivity index (χ3v) is 7.53. The van der Waals surface area contributed by atoms with Gasteiger partial charge in [0, 0.05) is 9.40 Å². The number of hydrogen-bond acceptors (Lipinski definition) is 7. The number of anilines is 1. The van der Waals surface area contributed by atoms with Crippen LogP contribution in [0.1, 0.15) is 29.0 Å². The van der Waals surface area contributed by atoms with Crippen molar-refractivity contribution in [3.8, 4) is 22.5 Å². The van der Waals surface area contributed by atoms with E-state index >= 15 is 0 Å². The number of aromatic nitrogens is 1. The third kappa shape index (κ3) is 4.35. The van der Waals surface area contributed by atoms with Crippen LogP contribution in [-0.2, 0) is 16.1 Å². The lowest BCUT2D eigenvalue weighted by Gasteiger charge is -2.07. The van der Waals surface area contributed by atoms with E-state index < -0.39 is 17.5 Å². The Kier molecular flexibility index (Phi) is 5.40. The highest BCUT2D eigenvalue weighted by Gasteiger charge is 2.49. The van der Waals surface area contributed by atoms with Crippen molar-refractivity contribution in [1.29, 1.82) is 0 Å². The molecule has 9 heteroatoms. The highest BCUT2D eigenvalue weighted by atomic mass is 32.1. The fraction of sp³-hybridized carbons (Fsp3) is 0.208. The lowest BCUT2D eigenvalue weighted by atomic mass is 10.1. The summed E-state index contributed by atoms with van der Waals surface area (Å²) in [5, 5.41) is 16.0. The molecule has 7 nitrogen and oxygen atoms in total. The summed E-state index contributed by atoms with van der Waals surface area (Å²) in [5.41, 5.74) is 1.05. The number of hydrogen-bond donors (Lipinski definition) is 2. The Morgan fingerprint density at radius 2 is 1.97 bits per heavy atom. The van der Waals surface area contributed by atoms with Gasteiger partial charge in [0.2, 0.25) is 5.76 Å². The normalized spacial score (nSPS) is 13.8. The molecular weight excluding hydrogens is 460 g/mol. The number of carboxylic acids is 1. The number of thiophene rings is 2. The number of aliphatic carboxylic acids is 1. The quantitative estimate of drug-likeness (QED) is 0.347. The van der Waals surface area contributed by atoms with Crippen molar-refractivity contribution >= 4 is 49.8 Å². The summed E-state index contributed by atoms with van der Waals surface area (Å²) in [6.07, 6.45) is 0.621. The molecule has 3 heterocycles. The molecule has 1 aromatic carbocycles. The monoisotopic (exact) mass is 478 g/mol. The Bertz CT molecular complexity index is 1390. The second-order valence-corrected chi connectivity index (χ2v) is 9.91. The van der Waals surface area contributed by atoms with Crippen molar-refractivity contribution in [2.75, 3.05) is 5.32 Å². The number of benzene rings is 1. The minimum Gasteiger partial charge on any atom is -0.480 e. The lowest BCUT2D eigenvalue weighted by Crippen LogP contribution is -2.14. The molecule has 0 aliphatic heterocycles. The van der Waals surface area contributed by atoms with E-state index in [0.717, 1.165) is 24.7 Å². The standard InChI is InChI=1S/C24H18N2O5S2/c1-14-20(25-23(29)30-13-15-5-3-2-4-6-15)21(31-26-14)19-12-18-17(33-19)11-16(32-18)7-8-24(9-10-24)22(27)28/h2-6,11-12H,9-10,13H2,1H3,(H,25,29)(H,27,28). The van der Waals surface area contributed by atoms with E-state index in [2.05, 4.69) is 22.3 Å². The fourth-order valence-corrected chi connectivity index (χ4v) is 5.49. The molecule has 0 unspecified atom stereocenters. The Morgan fingerprint density at radius 3 is 2.67 bits per heavy atom. The smallest absolute Gasteiger partial charge is 0.412 e. The van der Waals surface area contributed by atoms with E-state index in [1.807, 2.05) is 42.5 Å². The van der Waals surface area contributed by atoms with E-state index in [0.29, 0.717) is 30.0 Å². The summed E-state index contributed by atoms with van der Waals surface area (Å²) in [6, 6.07) is 13.3. The number of carbonyl (C=O) groups excluding carboxylic acids is 1. The van der Waals surface area contributed by atoms with Crippen LogP contribution in [0.5, 0.6) is 0 Å². The number of carbonyl (C=O) groups is 2. The summed E-state index contributed by atoms with van der Waals surface area (Å²) >= 11 is 2.99. The van der Waals surface area contributed by atoms with Gasteiger partial charge in [0.25, 0.3) is 0 Å². The third-order valence-electron chi connectivity index (χ3n) is 5.32. The van der Waals surface area contributed by atoms with Gasteiger partial charge < -0.3 is 14.4 Å². The van der Waals surface area contributed by atoms with Crippen molar-refractivity contribution in [3.05, 3.63) is 58.6 Å². The number of aryl methyl sites for hydroxylation is 1. The molecule has 1 fully saturated rings. The molecule has 0 bridgehead atoms. The zero-order valence-electron chi connectivity index (χ0n) is 17.5. The number of nitrogens with one attached hydrogen (secondary N) is 1. The summed E-state index contributed by atoms with van der Waals surface area (Å²) in [6.45, 7) is 1.91. The first kappa shape index (κ1) is 21.2. The van der Waals surface area contributed by atoms with Crippen molar-refractivity contribution in [3.63, 3.8) is 0 Å². The molecule has 0 saturated heterocycles. The van der Waals surface area contributed by atoms with Crippen LogP contribution < -0.4 is 5.32 Å². The summed E-state index contributed by atoms with van der Waals surface area (Å²) in [5.74, 6) is 5.55. The first-order valence-corrected chi connectivity index (χ1v) is 11.8. The van der Waals surface area contributed by atoms with Gasteiger partial charge in [-0.15, -0.1) is 22.7 Å². The van der Waals surface area contributed by atoms with Crippen LogP contribution >= 0.6 is 22.7 Å². The minimum absolute atomic E-state index is 0.161. The Morgan fingerprint density at radius 1 is 1.21 bits per heavy atom. The van der Waals surface area contributed by atoms with Gasteiger partial charge >= 0.3 is 12.1 Å². The van der Waals surface area contributed by atoms with Crippen LogP contribution in [0.2, 0.25) is 0 Å². The molecular formula is C24H18N2O5S2. The zero-order valence-corrected chi connectivity index (χ0v) is 19.1. The largest absolute Gasteiger partial charge is 0.480 e. The molecule has 2 N–H and O–H groups in total. The first-order chi connectivity index (χ1) is 15.9. The van der Waals surface area contributed by atoms with Crippen molar-refractivity contribution in [2.24, 2.45) is 5.41 Å². The van der Waals surface area contributed by atoms with Gasteiger partial charge in [0.05, 0.1) is 9.75 Å². The van der Waals surface area contributed by atoms with Crippen LogP contribution in [0, 0.1) is 24.2 Å². The maximum absolute atomic E-state index is 12.3. The second-order valence-electron chi connectivity index (χ2n) is 7.75. The van der Waals surface area contributed by atoms with Crippen molar-refractivity contribution in [2.45, 2.75) is 26.4 Å². The van der Waals surface area contributed by atoms with E-state index in [4.69, 9.17) is 9.26 Å². The van der Waals surface area contributed by atoms with Gasteiger partial charge in [-0.1, -0.05) is 47.3 Å². The van der Waals surface area contributed by atoms with Crippen molar-refractivity contribution in [1.82, 2.24) is 5.16 Å². The molecule has 5 rings (SSSR count). The molecule has 4 aromatic rings. The van der Waals surface area contributed by atoms with Gasteiger partial charge in [-0.3, -0.25) is 10.1 Å². The van der Waals surface area contributed by atoms with Crippen LogP contribution in [0.4, 0.5) is 10.5 Å². The summed E-state index contributed by atoms with van der Waals surface area (Å²) < 4.78 is 12.8. The number of amides is 1. The van der Waals surface area contributed by atoms with Crippen LogP contribution in [-0.4, -0.2) is 22.3 Å². The Hall–Kier alpha value is -3.61. The summed E-state index contributed by atoms with van der Waals surface area (Å²) in [4.78, 5) is 25.3. The van der Waals surface area contributed by atoms with Crippen LogP contribution in [0.25, 0.3) is 20.0 Å². The molecule has 1 aliphatic rings. The molecule has 166 valence electrons. The Balaban J connectivity index is 1.32. The average molecular weight is 479 g/mol. The molecule has 0 radical (unpaired) electrons. The number of carboxylic acid groups (broad SMARTS) is 1. The number of ether oxygens (including phenoxy) is 1. The lowest BCUT2D eigenvalue weighted by molar-refractivity contribution is -0.141. The van der Waals surface area contributed by atoms with Crippen molar-refractivity contribution < 1.29 is 24.0 Å². The van der Waals surface area contributed by atoms with Crippen LogP contribution in [0.15, 0.2) is 47.0 Å². The molecule has 1 saturated carbocycles. The van der Waals surface area contributed by atoms with E-state index in [-0.39, 0.29) is 6.61 Å². The van der Waals surface area contributed by atoms with Crippen LogP contribution in [0.3, 0.4) is 0 Å². The maximum Gasteiger partial charge on any atom is 0.412 e. The predicted octanol–water partition coefficient (Wildman–Crippen LogP) is 5.89. The molecule has 33 heavy (non-hydrogen) atoms. The molecule has 3 aromatic heterocycles. The molecule has 1 amide bonds. The Labute approximate surface area is 197 Å². The number of nitrogens with zero attached hydrogens (tertiary/aromatic N) is 1. The van der Waals surface area contributed by atoms with Gasteiger partial charge in [-0.05, 0) is 37.5 Å². The van der Waals surface area contributed by atoms with Gasteiger partial charge in [-0.2, -0.15) is 0 Å². The SMILES string of the molecule is Cc1noc(-c2cc3sc(C#CC4(C(=O)O)CC4)cc3s2)c1NC(=O)OCc1ccccc1. The zero-order chi connectivity index (χ0) is 23.0. The molecule has 0 spiro atoms. The highest BCUT2D eigenvalue weighted by Crippen LogP contribution is 2.46. The molecule has 1 aliphatic carbocycles. The minimum atomic E-state index is -0.865. The fourth-order valence-electron chi connectivity index (χ4n) is 3.25. The highest BCUT2D eigenvalue weighted by molar-refractivity contribution is 7.29. The van der Waals surface area contributed by atoms with E-state index in [9.17, 15) is 14.7 Å². The molecule has 0 atom stereocenters.